The number of carbonyl (C=O) groups excluding carboxylic acids is 1. The van der Waals surface area contributed by atoms with Crippen LogP contribution in [0.4, 0.5) is 5.69 Å². The molecule has 1 N–H and O–H groups in total. The van der Waals surface area contributed by atoms with Gasteiger partial charge in [0, 0.05) is 11.3 Å². The zero-order valence-electron chi connectivity index (χ0n) is 12.3. The Kier molecular flexibility index (Phi) is 4.57. The van der Waals surface area contributed by atoms with Gasteiger partial charge in [-0.3, -0.25) is 4.79 Å². The maximum Gasteiger partial charge on any atom is 0.255 e. The zero-order chi connectivity index (χ0) is 14.5. The summed E-state index contributed by atoms with van der Waals surface area (Å²) < 4.78 is 0. The standard InChI is InChI=1S/C18H21NO/c1-13(2)10-15-7-5-9-17(12-15)19-18(20)16-8-4-6-14(3)11-16/h4-9,11-13H,10H2,1-3H3,(H,19,20). The lowest BCUT2D eigenvalue weighted by Gasteiger charge is -2.09. The van der Waals surface area contributed by atoms with E-state index in [2.05, 4.69) is 25.2 Å². The molecule has 0 aliphatic rings. The van der Waals surface area contributed by atoms with Crippen molar-refractivity contribution in [1.29, 1.82) is 0 Å². The van der Waals surface area contributed by atoms with Crippen LogP contribution in [0.2, 0.25) is 0 Å². The summed E-state index contributed by atoms with van der Waals surface area (Å²) in [7, 11) is 0. The molecule has 0 atom stereocenters. The highest BCUT2D eigenvalue weighted by molar-refractivity contribution is 6.04. The van der Waals surface area contributed by atoms with Gasteiger partial charge in [0.25, 0.3) is 5.91 Å². The molecular weight excluding hydrogens is 246 g/mol. The highest BCUT2D eigenvalue weighted by Crippen LogP contribution is 2.15. The van der Waals surface area contributed by atoms with E-state index in [0.29, 0.717) is 11.5 Å². The van der Waals surface area contributed by atoms with E-state index in [-0.39, 0.29) is 5.91 Å². The molecule has 0 radical (unpaired) electrons. The van der Waals surface area contributed by atoms with E-state index >= 15 is 0 Å². The molecule has 20 heavy (non-hydrogen) atoms. The SMILES string of the molecule is Cc1cccc(C(=O)Nc2cccc(CC(C)C)c2)c1. The van der Waals surface area contributed by atoms with Crippen molar-refractivity contribution >= 4 is 11.6 Å². The summed E-state index contributed by atoms with van der Waals surface area (Å²) in [5.74, 6) is 0.549. The second-order valence-corrected chi connectivity index (χ2v) is 5.62. The van der Waals surface area contributed by atoms with Gasteiger partial charge in [0.05, 0.1) is 0 Å². The molecule has 0 bridgehead atoms. The Morgan fingerprint density at radius 2 is 1.85 bits per heavy atom. The number of rotatable bonds is 4. The molecule has 0 saturated heterocycles. The number of benzene rings is 2. The third-order valence-electron chi connectivity index (χ3n) is 3.11. The Morgan fingerprint density at radius 1 is 1.10 bits per heavy atom. The molecule has 0 aliphatic carbocycles. The van der Waals surface area contributed by atoms with E-state index in [1.165, 1.54) is 5.56 Å². The molecule has 1 amide bonds. The molecule has 0 aliphatic heterocycles. The molecule has 0 spiro atoms. The third kappa shape index (κ3) is 3.95. The first-order valence-electron chi connectivity index (χ1n) is 7.01. The van der Waals surface area contributed by atoms with Gasteiger partial charge < -0.3 is 5.32 Å². The zero-order valence-corrected chi connectivity index (χ0v) is 12.3. The van der Waals surface area contributed by atoms with Gasteiger partial charge in [-0.05, 0) is 49.1 Å². The minimum absolute atomic E-state index is 0.0598. The quantitative estimate of drug-likeness (QED) is 0.871. The largest absolute Gasteiger partial charge is 0.322 e. The van der Waals surface area contributed by atoms with E-state index in [0.717, 1.165) is 17.7 Å². The van der Waals surface area contributed by atoms with Crippen molar-refractivity contribution in [3.8, 4) is 0 Å². The van der Waals surface area contributed by atoms with Crippen molar-refractivity contribution in [3.63, 3.8) is 0 Å². The van der Waals surface area contributed by atoms with Crippen LogP contribution in [0.15, 0.2) is 48.5 Å². The fourth-order valence-corrected chi connectivity index (χ4v) is 2.24. The van der Waals surface area contributed by atoms with E-state index in [1.807, 2.05) is 49.4 Å². The van der Waals surface area contributed by atoms with Crippen LogP contribution in [0.3, 0.4) is 0 Å². The lowest BCUT2D eigenvalue weighted by molar-refractivity contribution is 0.102. The van der Waals surface area contributed by atoms with Gasteiger partial charge in [-0.2, -0.15) is 0 Å². The smallest absolute Gasteiger partial charge is 0.255 e. The lowest BCUT2D eigenvalue weighted by Crippen LogP contribution is -2.12. The predicted molar refractivity (Wildman–Crippen MR) is 84.1 cm³/mol. The van der Waals surface area contributed by atoms with Gasteiger partial charge in [0.2, 0.25) is 0 Å². The number of aryl methyl sites for hydroxylation is 1. The van der Waals surface area contributed by atoms with Crippen LogP contribution < -0.4 is 5.32 Å². The van der Waals surface area contributed by atoms with Crippen LogP contribution >= 0.6 is 0 Å². The molecule has 0 aromatic heterocycles. The molecule has 0 fully saturated rings. The number of carbonyl (C=O) groups is 1. The van der Waals surface area contributed by atoms with Gasteiger partial charge in [0.1, 0.15) is 0 Å². The van der Waals surface area contributed by atoms with Gasteiger partial charge in [-0.1, -0.05) is 43.7 Å². The van der Waals surface area contributed by atoms with E-state index in [1.54, 1.807) is 0 Å². The molecule has 2 heteroatoms. The topological polar surface area (TPSA) is 29.1 Å². The van der Waals surface area contributed by atoms with Crippen LogP contribution in [-0.2, 0) is 6.42 Å². The highest BCUT2D eigenvalue weighted by atomic mass is 16.1. The minimum atomic E-state index is -0.0598. The molecule has 2 aromatic rings. The van der Waals surface area contributed by atoms with Crippen molar-refractivity contribution in [2.45, 2.75) is 27.2 Å². The summed E-state index contributed by atoms with van der Waals surface area (Å²) in [6, 6.07) is 15.7. The van der Waals surface area contributed by atoms with Gasteiger partial charge in [0.15, 0.2) is 0 Å². The Bertz CT molecular complexity index is 602. The molecule has 0 heterocycles. The Hall–Kier alpha value is -2.09. The number of amides is 1. The monoisotopic (exact) mass is 267 g/mol. The van der Waals surface area contributed by atoms with Crippen molar-refractivity contribution in [1.82, 2.24) is 0 Å². The Morgan fingerprint density at radius 3 is 2.55 bits per heavy atom. The van der Waals surface area contributed by atoms with Crippen molar-refractivity contribution < 1.29 is 4.79 Å². The maximum atomic E-state index is 12.2. The molecule has 104 valence electrons. The Balaban J connectivity index is 2.11. The van der Waals surface area contributed by atoms with Crippen molar-refractivity contribution in [2.75, 3.05) is 5.32 Å². The lowest BCUT2D eigenvalue weighted by atomic mass is 10.0. The number of anilines is 1. The molecule has 0 saturated carbocycles. The predicted octanol–water partition coefficient (Wildman–Crippen LogP) is 4.45. The summed E-state index contributed by atoms with van der Waals surface area (Å²) >= 11 is 0. The highest BCUT2D eigenvalue weighted by Gasteiger charge is 2.06. The maximum absolute atomic E-state index is 12.2. The number of hydrogen-bond donors (Lipinski definition) is 1. The Labute approximate surface area is 120 Å². The summed E-state index contributed by atoms with van der Waals surface area (Å²) in [6.07, 6.45) is 1.02. The first kappa shape index (κ1) is 14.3. The molecule has 2 aromatic carbocycles. The van der Waals surface area contributed by atoms with Gasteiger partial charge >= 0.3 is 0 Å². The summed E-state index contributed by atoms with van der Waals surface area (Å²) in [5.41, 5.74) is 3.89. The van der Waals surface area contributed by atoms with E-state index in [9.17, 15) is 4.79 Å². The fraction of sp³-hybridized carbons (Fsp3) is 0.278. The average Bonchev–Trinajstić information content (AvgIpc) is 2.38. The second kappa shape index (κ2) is 6.38. The first-order chi connectivity index (χ1) is 9.54. The fourth-order valence-electron chi connectivity index (χ4n) is 2.24. The average molecular weight is 267 g/mol. The second-order valence-electron chi connectivity index (χ2n) is 5.62. The first-order valence-corrected chi connectivity index (χ1v) is 7.01. The van der Waals surface area contributed by atoms with Crippen LogP contribution in [-0.4, -0.2) is 5.91 Å². The minimum Gasteiger partial charge on any atom is -0.322 e. The summed E-state index contributed by atoms with van der Waals surface area (Å²) in [4.78, 5) is 12.2. The van der Waals surface area contributed by atoms with E-state index in [4.69, 9.17) is 0 Å². The summed E-state index contributed by atoms with van der Waals surface area (Å²) in [5, 5.41) is 2.96. The summed E-state index contributed by atoms with van der Waals surface area (Å²) in [6.45, 7) is 6.37. The number of hydrogen-bond acceptors (Lipinski definition) is 1. The number of nitrogens with one attached hydrogen (secondary N) is 1. The van der Waals surface area contributed by atoms with Crippen LogP contribution in [0.5, 0.6) is 0 Å². The molecule has 2 nitrogen and oxygen atoms in total. The molecule has 0 unspecified atom stereocenters. The van der Waals surface area contributed by atoms with Crippen LogP contribution in [0.25, 0.3) is 0 Å². The molecule has 2 rings (SSSR count). The van der Waals surface area contributed by atoms with E-state index < -0.39 is 0 Å². The van der Waals surface area contributed by atoms with Crippen LogP contribution in [0.1, 0.15) is 35.3 Å². The third-order valence-corrected chi connectivity index (χ3v) is 3.11. The normalized spacial score (nSPS) is 10.6. The van der Waals surface area contributed by atoms with Crippen LogP contribution in [0, 0.1) is 12.8 Å². The van der Waals surface area contributed by atoms with Crippen molar-refractivity contribution in [3.05, 3.63) is 65.2 Å². The van der Waals surface area contributed by atoms with Crippen molar-refractivity contribution in [2.24, 2.45) is 5.92 Å². The molecular formula is C18H21NO. The van der Waals surface area contributed by atoms with Gasteiger partial charge in [-0.25, -0.2) is 0 Å². The van der Waals surface area contributed by atoms with Gasteiger partial charge in [-0.15, -0.1) is 0 Å².